The van der Waals surface area contributed by atoms with Crippen molar-refractivity contribution >= 4 is 25.0 Å². The maximum absolute atomic E-state index is 13.5. The standard InChI is InChI=1S/C31H34NO6P/c1-3-37-39(36,38-4-2)20-27(33)25-17-11-19-32(30(25)31(34)35)26-18-10-16-24-22-14-8-9-15-23(22)28(29(24)26)21-12-6-5-7-13-21/h5-10,12-16,18,25,28,30H,3-4,11,17,19-20H2,1-2H3,(H,34,35)/t25-,28?,30?/m0/s1. The Morgan fingerprint density at radius 3 is 2.28 bits per heavy atom. The van der Waals surface area contributed by atoms with Gasteiger partial charge in [-0.2, -0.15) is 0 Å². The molecule has 7 nitrogen and oxygen atoms in total. The molecule has 0 spiro atoms. The molecule has 0 radical (unpaired) electrons. The van der Waals surface area contributed by atoms with Crippen LogP contribution in [0.3, 0.4) is 0 Å². The second kappa shape index (κ2) is 11.5. The summed E-state index contributed by atoms with van der Waals surface area (Å²) in [6.45, 7) is 4.16. The van der Waals surface area contributed by atoms with E-state index in [0.29, 0.717) is 19.4 Å². The number of carboxylic acid groups (broad SMARTS) is 1. The maximum Gasteiger partial charge on any atom is 0.338 e. The summed E-state index contributed by atoms with van der Waals surface area (Å²) in [6.07, 6.45) is 0.615. The van der Waals surface area contributed by atoms with Crippen molar-refractivity contribution < 1.29 is 28.3 Å². The first-order valence-electron chi connectivity index (χ1n) is 13.6. The lowest BCUT2D eigenvalue weighted by Crippen LogP contribution is -2.53. The van der Waals surface area contributed by atoms with Gasteiger partial charge >= 0.3 is 13.6 Å². The third-order valence-electron chi connectivity index (χ3n) is 7.67. The number of Topliss-reactive ketones (excluding diaryl/α,β-unsaturated/α-hetero) is 1. The molecule has 3 atom stereocenters. The Labute approximate surface area is 229 Å². The van der Waals surface area contributed by atoms with E-state index in [1.807, 2.05) is 47.4 Å². The van der Waals surface area contributed by atoms with Crippen LogP contribution in [-0.2, 0) is 23.2 Å². The van der Waals surface area contributed by atoms with Crippen molar-refractivity contribution in [3.8, 4) is 11.1 Å². The number of carbonyl (C=O) groups excluding carboxylic acids is 1. The van der Waals surface area contributed by atoms with Crippen molar-refractivity contribution in [1.29, 1.82) is 0 Å². The summed E-state index contributed by atoms with van der Waals surface area (Å²) in [6, 6.07) is 23.4. The third kappa shape index (κ3) is 5.19. The molecule has 0 bridgehead atoms. The Morgan fingerprint density at radius 1 is 0.923 bits per heavy atom. The second-order valence-electron chi connectivity index (χ2n) is 9.97. The highest BCUT2D eigenvalue weighted by Crippen LogP contribution is 2.53. The first-order valence-corrected chi connectivity index (χ1v) is 15.3. The van der Waals surface area contributed by atoms with E-state index in [1.165, 1.54) is 5.56 Å². The van der Waals surface area contributed by atoms with Gasteiger partial charge < -0.3 is 19.1 Å². The van der Waals surface area contributed by atoms with Gasteiger partial charge in [-0.1, -0.05) is 66.7 Å². The third-order valence-corrected chi connectivity index (χ3v) is 9.68. The highest BCUT2D eigenvalue weighted by atomic mass is 31.2. The van der Waals surface area contributed by atoms with Gasteiger partial charge in [0.2, 0.25) is 0 Å². The molecule has 8 heteroatoms. The highest BCUT2D eigenvalue weighted by molar-refractivity contribution is 7.54. The van der Waals surface area contributed by atoms with Crippen LogP contribution in [0.4, 0.5) is 5.69 Å². The fraction of sp³-hybridized carbons (Fsp3) is 0.355. The van der Waals surface area contributed by atoms with Crippen molar-refractivity contribution in [2.75, 3.05) is 30.8 Å². The molecule has 1 aliphatic carbocycles. The lowest BCUT2D eigenvalue weighted by atomic mass is 9.83. The number of hydrogen-bond acceptors (Lipinski definition) is 6. The van der Waals surface area contributed by atoms with Gasteiger partial charge in [0, 0.05) is 24.1 Å². The molecule has 0 saturated carbocycles. The van der Waals surface area contributed by atoms with Crippen LogP contribution < -0.4 is 4.90 Å². The topological polar surface area (TPSA) is 93.1 Å². The van der Waals surface area contributed by atoms with E-state index in [-0.39, 0.29) is 19.1 Å². The number of aliphatic carboxylic acids is 1. The van der Waals surface area contributed by atoms with Gasteiger partial charge in [-0.25, -0.2) is 4.79 Å². The highest BCUT2D eigenvalue weighted by Gasteiger charge is 2.45. The number of carbonyl (C=O) groups is 2. The van der Waals surface area contributed by atoms with E-state index in [4.69, 9.17) is 9.05 Å². The predicted octanol–water partition coefficient (Wildman–Crippen LogP) is 6.35. The van der Waals surface area contributed by atoms with Crippen LogP contribution in [-0.4, -0.2) is 48.8 Å². The normalized spacial score (nSPS) is 20.4. The van der Waals surface area contributed by atoms with Crippen LogP contribution in [0.2, 0.25) is 0 Å². The lowest BCUT2D eigenvalue weighted by molar-refractivity contribution is -0.143. The summed E-state index contributed by atoms with van der Waals surface area (Å²) in [5.74, 6) is -2.36. The molecule has 204 valence electrons. The Kier molecular flexibility index (Phi) is 8.03. The zero-order valence-corrected chi connectivity index (χ0v) is 23.2. The van der Waals surface area contributed by atoms with Crippen LogP contribution in [0.5, 0.6) is 0 Å². The van der Waals surface area contributed by atoms with Crippen LogP contribution >= 0.6 is 7.60 Å². The molecule has 0 aromatic heterocycles. The Hall–Kier alpha value is -3.25. The molecule has 2 unspecified atom stereocenters. The van der Waals surface area contributed by atoms with Gasteiger partial charge in [-0.15, -0.1) is 0 Å². The number of fused-ring (bicyclic) bond motifs is 3. The number of hydrogen-bond donors (Lipinski definition) is 1. The summed E-state index contributed by atoms with van der Waals surface area (Å²) < 4.78 is 23.8. The first-order chi connectivity index (χ1) is 18.9. The van der Waals surface area contributed by atoms with Crippen LogP contribution in [0.15, 0.2) is 72.8 Å². The lowest BCUT2D eigenvalue weighted by Gasteiger charge is -2.41. The fourth-order valence-corrected chi connectivity index (χ4v) is 7.88. The van der Waals surface area contributed by atoms with Crippen molar-refractivity contribution in [2.24, 2.45) is 5.92 Å². The molecule has 3 aromatic rings. The average molecular weight is 548 g/mol. The molecular weight excluding hydrogens is 513 g/mol. The Bertz CT molecular complexity index is 1400. The Balaban J connectivity index is 1.57. The van der Waals surface area contributed by atoms with Gasteiger partial charge in [0.15, 0.2) is 5.78 Å². The molecule has 2 aliphatic rings. The molecule has 1 saturated heterocycles. The summed E-state index contributed by atoms with van der Waals surface area (Å²) in [5.41, 5.74) is 6.39. The quantitative estimate of drug-likeness (QED) is 0.231. The van der Waals surface area contributed by atoms with Gasteiger partial charge in [-0.3, -0.25) is 9.36 Å². The molecule has 39 heavy (non-hydrogen) atoms. The number of benzene rings is 3. The van der Waals surface area contributed by atoms with Crippen LogP contribution in [0.1, 0.15) is 49.3 Å². The van der Waals surface area contributed by atoms with Crippen molar-refractivity contribution in [2.45, 2.75) is 38.6 Å². The predicted molar refractivity (Wildman–Crippen MR) is 151 cm³/mol. The zero-order chi connectivity index (χ0) is 27.6. The van der Waals surface area contributed by atoms with Crippen LogP contribution in [0, 0.1) is 5.92 Å². The van der Waals surface area contributed by atoms with E-state index >= 15 is 0 Å². The molecule has 1 N–H and O–H groups in total. The first kappa shape index (κ1) is 27.3. The molecule has 1 aliphatic heterocycles. The largest absolute Gasteiger partial charge is 0.480 e. The second-order valence-corrected chi connectivity index (χ2v) is 12.0. The summed E-state index contributed by atoms with van der Waals surface area (Å²) in [5, 5.41) is 10.5. The summed E-state index contributed by atoms with van der Waals surface area (Å²) in [4.78, 5) is 28.2. The van der Waals surface area contributed by atoms with Crippen molar-refractivity contribution in [3.63, 3.8) is 0 Å². The minimum Gasteiger partial charge on any atom is -0.480 e. The molecular formula is C31H34NO6P. The summed E-state index contributed by atoms with van der Waals surface area (Å²) in [7, 11) is -3.65. The van der Waals surface area contributed by atoms with E-state index < -0.39 is 37.5 Å². The smallest absolute Gasteiger partial charge is 0.338 e. The molecule has 1 heterocycles. The minimum absolute atomic E-state index is 0.0600. The minimum atomic E-state index is -3.65. The maximum atomic E-state index is 13.5. The number of piperidine rings is 1. The number of rotatable bonds is 10. The van der Waals surface area contributed by atoms with E-state index in [1.54, 1.807) is 13.8 Å². The van der Waals surface area contributed by atoms with Crippen LogP contribution in [0.25, 0.3) is 11.1 Å². The van der Waals surface area contributed by atoms with E-state index in [2.05, 4.69) is 30.3 Å². The number of ketones is 1. The molecule has 3 aromatic carbocycles. The monoisotopic (exact) mass is 547 g/mol. The SMILES string of the molecule is CCOP(=O)(CC(=O)[C@@H]1CCCN(c2cccc3c2C(c2ccccc2)c2ccccc2-3)C1C(=O)O)OCC. The van der Waals surface area contributed by atoms with Gasteiger partial charge in [0.25, 0.3) is 0 Å². The number of anilines is 1. The molecule has 0 amide bonds. The molecule has 1 fully saturated rings. The molecule has 5 rings (SSSR count). The Morgan fingerprint density at radius 2 is 1.59 bits per heavy atom. The van der Waals surface area contributed by atoms with Gasteiger partial charge in [0.05, 0.1) is 13.2 Å². The van der Waals surface area contributed by atoms with E-state index in [9.17, 15) is 19.3 Å². The fourth-order valence-electron chi connectivity index (χ4n) is 6.22. The van der Waals surface area contributed by atoms with Gasteiger partial charge in [0.1, 0.15) is 12.2 Å². The average Bonchev–Trinajstić information content (AvgIpc) is 3.28. The summed E-state index contributed by atoms with van der Waals surface area (Å²) >= 11 is 0. The number of nitrogens with zero attached hydrogens (tertiary/aromatic N) is 1. The van der Waals surface area contributed by atoms with Gasteiger partial charge in [-0.05, 0) is 60.6 Å². The van der Waals surface area contributed by atoms with Crippen molar-refractivity contribution in [3.05, 3.63) is 89.5 Å². The zero-order valence-electron chi connectivity index (χ0n) is 22.3. The van der Waals surface area contributed by atoms with E-state index in [0.717, 1.165) is 27.9 Å². The number of carboxylic acids is 1. The van der Waals surface area contributed by atoms with Crippen molar-refractivity contribution in [1.82, 2.24) is 0 Å².